The maximum absolute atomic E-state index is 2.30. The summed E-state index contributed by atoms with van der Waals surface area (Å²) in [6.45, 7) is 6.66. The molecule has 0 heterocycles. The molecular formula is C15H32. The van der Waals surface area contributed by atoms with Gasteiger partial charge in [0.05, 0.1) is 0 Å². The number of hydrogen-bond acceptors (Lipinski definition) is 0. The summed E-state index contributed by atoms with van der Waals surface area (Å²) in [4.78, 5) is 0. The van der Waals surface area contributed by atoms with Crippen molar-refractivity contribution in [2.45, 2.75) is 62.8 Å². The summed E-state index contributed by atoms with van der Waals surface area (Å²) in [6.07, 6.45) is 1.14. The first-order chi connectivity index (χ1) is 5.24. The third kappa shape index (κ3) is 7.18. The van der Waals surface area contributed by atoms with Gasteiger partial charge in [0, 0.05) is 0 Å². The Balaban J connectivity index is -0.000000151. The zero-order valence-corrected chi connectivity index (χ0v) is 7.59. The minimum atomic E-state index is 0. The molecule has 0 aromatic heterocycles. The molecule has 0 bridgehead atoms. The minimum Gasteiger partial charge on any atom is -0.0776 e. The van der Waals surface area contributed by atoms with Crippen LogP contribution in [0.3, 0.4) is 0 Å². The van der Waals surface area contributed by atoms with Gasteiger partial charge in [-0.1, -0.05) is 74.7 Å². The first-order valence-corrected chi connectivity index (χ1v) is 4.33. The summed E-state index contributed by atoms with van der Waals surface area (Å²) in [5.41, 5.74) is 2.89. The Morgan fingerprint density at radius 3 is 1.93 bits per heavy atom. The van der Waals surface area contributed by atoms with Gasteiger partial charge in [-0.25, -0.2) is 0 Å². The van der Waals surface area contributed by atoms with Gasteiger partial charge >= 0.3 is 0 Å². The van der Waals surface area contributed by atoms with Crippen LogP contribution < -0.4 is 0 Å². The maximum Gasteiger partial charge on any atom is -0.0219 e. The molecule has 0 N–H and O–H groups in total. The standard InChI is InChI=1S/C11H16.4CH4/c1-4-10-6-5-7-11(8-10)9(2)3;;;;/h5-9H,4H2,1-3H3;4*1H4. The monoisotopic (exact) mass is 212 g/mol. The molecule has 0 unspecified atom stereocenters. The number of benzene rings is 1. The Bertz CT molecular complexity index is 223. The van der Waals surface area contributed by atoms with Crippen LogP contribution in [0.1, 0.15) is 67.5 Å². The van der Waals surface area contributed by atoms with E-state index in [2.05, 4.69) is 45.0 Å². The summed E-state index contributed by atoms with van der Waals surface area (Å²) in [5.74, 6) is 0.654. The van der Waals surface area contributed by atoms with Gasteiger partial charge in [-0.05, 0) is 23.5 Å². The lowest BCUT2D eigenvalue weighted by Crippen LogP contribution is -1.88. The van der Waals surface area contributed by atoms with Crippen LogP contribution in [0.5, 0.6) is 0 Å². The van der Waals surface area contributed by atoms with E-state index in [1.54, 1.807) is 0 Å². The quantitative estimate of drug-likeness (QED) is 0.571. The summed E-state index contributed by atoms with van der Waals surface area (Å²) in [6, 6.07) is 8.83. The first-order valence-electron chi connectivity index (χ1n) is 4.33. The van der Waals surface area contributed by atoms with Gasteiger partial charge in [0.2, 0.25) is 0 Å². The Kier molecular flexibility index (Phi) is 17.9. The second-order valence-electron chi connectivity index (χ2n) is 3.25. The van der Waals surface area contributed by atoms with Crippen LogP contribution in [0.2, 0.25) is 0 Å². The number of aryl methyl sites for hydroxylation is 1. The minimum absolute atomic E-state index is 0. The average molecular weight is 212 g/mol. The number of rotatable bonds is 2. The molecule has 0 nitrogen and oxygen atoms in total. The molecule has 0 amide bonds. The molecule has 1 rings (SSSR count). The summed E-state index contributed by atoms with van der Waals surface area (Å²) >= 11 is 0. The van der Waals surface area contributed by atoms with Gasteiger partial charge < -0.3 is 0 Å². The Hall–Kier alpha value is -0.780. The van der Waals surface area contributed by atoms with Gasteiger partial charge in [-0.3, -0.25) is 0 Å². The molecule has 92 valence electrons. The van der Waals surface area contributed by atoms with Gasteiger partial charge in [0.1, 0.15) is 0 Å². The zero-order valence-electron chi connectivity index (χ0n) is 7.59. The van der Waals surface area contributed by atoms with Crippen molar-refractivity contribution in [3.8, 4) is 0 Å². The molecule has 0 saturated heterocycles. The lowest BCUT2D eigenvalue weighted by molar-refractivity contribution is 0.862. The second kappa shape index (κ2) is 11.3. The molecule has 1 aromatic rings. The molecule has 15 heavy (non-hydrogen) atoms. The molecule has 0 radical (unpaired) electrons. The van der Waals surface area contributed by atoms with Crippen LogP contribution in [0.15, 0.2) is 24.3 Å². The molecule has 0 spiro atoms. The van der Waals surface area contributed by atoms with Crippen molar-refractivity contribution in [2.75, 3.05) is 0 Å². The fourth-order valence-electron chi connectivity index (χ4n) is 1.17. The van der Waals surface area contributed by atoms with Crippen LogP contribution in [0.25, 0.3) is 0 Å². The SMILES string of the molecule is C.C.C.C.CCc1cccc(C(C)C)c1. The van der Waals surface area contributed by atoms with Crippen molar-refractivity contribution < 1.29 is 0 Å². The third-order valence-electron chi connectivity index (χ3n) is 2.03. The van der Waals surface area contributed by atoms with E-state index in [0.29, 0.717) is 5.92 Å². The molecule has 0 aliphatic heterocycles. The van der Waals surface area contributed by atoms with Crippen LogP contribution in [-0.2, 0) is 6.42 Å². The fourth-order valence-corrected chi connectivity index (χ4v) is 1.17. The van der Waals surface area contributed by atoms with Crippen LogP contribution >= 0.6 is 0 Å². The maximum atomic E-state index is 2.30. The zero-order chi connectivity index (χ0) is 8.27. The van der Waals surface area contributed by atoms with Gasteiger partial charge in [0.15, 0.2) is 0 Å². The van der Waals surface area contributed by atoms with Crippen LogP contribution in [-0.4, -0.2) is 0 Å². The second-order valence-corrected chi connectivity index (χ2v) is 3.25. The summed E-state index contributed by atoms with van der Waals surface area (Å²) in [7, 11) is 0. The fraction of sp³-hybridized carbons (Fsp3) is 0.600. The molecule has 1 aromatic carbocycles. The van der Waals surface area contributed by atoms with E-state index in [4.69, 9.17) is 0 Å². The van der Waals surface area contributed by atoms with Crippen molar-refractivity contribution in [1.82, 2.24) is 0 Å². The number of hydrogen-bond donors (Lipinski definition) is 0. The van der Waals surface area contributed by atoms with E-state index in [1.165, 1.54) is 11.1 Å². The van der Waals surface area contributed by atoms with Crippen molar-refractivity contribution in [1.29, 1.82) is 0 Å². The van der Waals surface area contributed by atoms with Gasteiger partial charge in [-0.15, -0.1) is 0 Å². The van der Waals surface area contributed by atoms with E-state index in [1.807, 2.05) is 0 Å². The van der Waals surface area contributed by atoms with Crippen molar-refractivity contribution in [3.05, 3.63) is 35.4 Å². The van der Waals surface area contributed by atoms with E-state index < -0.39 is 0 Å². The highest BCUT2D eigenvalue weighted by Gasteiger charge is 1.97. The normalized spacial score (nSPS) is 7.73. The molecule has 0 aliphatic carbocycles. The molecule has 0 saturated carbocycles. The predicted molar refractivity (Wildman–Crippen MR) is 76.8 cm³/mol. The van der Waals surface area contributed by atoms with Gasteiger partial charge in [0.25, 0.3) is 0 Å². The topological polar surface area (TPSA) is 0 Å². The third-order valence-corrected chi connectivity index (χ3v) is 2.03. The molecule has 0 aliphatic rings. The van der Waals surface area contributed by atoms with E-state index in [0.717, 1.165) is 6.42 Å². The Morgan fingerprint density at radius 2 is 1.53 bits per heavy atom. The van der Waals surface area contributed by atoms with Crippen molar-refractivity contribution in [3.63, 3.8) is 0 Å². The van der Waals surface area contributed by atoms with E-state index >= 15 is 0 Å². The Labute approximate surface area is 98.7 Å². The highest BCUT2D eigenvalue weighted by atomic mass is 14.0. The lowest BCUT2D eigenvalue weighted by Gasteiger charge is -2.05. The molecule has 0 heteroatoms. The van der Waals surface area contributed by atoms with E-state index in [9.17, 15) is 0 Å². The van der Waals surface area contributed by atoms with Crippen LogP contribution in [0.4, 0.5) is 0 Å². The Morgan fingerprint density at radius 1 is 1.00 bits per heavy atom. The molecule has 0 fully saturated rings. The van der Waals surface area contributed by atoms with Crippen molar-refractivity contribution >= 4 is 0 Å². The van der Waals surface area contributed by atoms with Gasteiger partial charge in [-0.2, -0.15) is 0 Å². The summed E-state index contributed by atoms with van der Waals surface area (Å²) < 4.78 is 0. The van der Waals surface area contributed by atoms with Crippen molar-refractivity contribution in [2.24, 2.45) is 0 Å². The largest absolute Gasteiger partial charge is 0.0776 e. The first kappa shape index (κ1) is 23.8. The summed E-state index contributed by atoms with van der Waals surface area (Å²) in [5, 5.41) is 0. The van der Waals surface area contributed by atoms with Crippen LogP contribution in [0, 0.1) is 0 Å². The lowest BCUT2D eigenvalue weighted by atomic mass is 10.0. The molecule has 0 atom stereocenters. The average Bonchev–Trinajstić information content (AvgIpc) is 2.05. The highest BCUT2D eigenvalue weighted by Crippen LogP contribution is 2.15. The van der Waals surface area contributed by atoms with E-state index in [-0.39, 0.29) is 29.7 Å². The smallest absolute Gasteiger partial charge is 0.0219 e. The predicted octanol–water partition coefficient (Wildman–Crippen LogP) is 5.92. The highest BCUT2D eigenvalue weighted by molar-refractivity contribution is 5.25. The molecular weight excluding hydrogens is 180 g/mol.